The molecule has 0 spiro atoms. The van der Waals surface area contributed by atoms with Crippen LogP contribution in [0.4, 0.5) is 0 Å². The summed E-state index contributed by atoms with van der Waals surface area (Å²) in [5, 5.41) is 0.0187. The topological polar surface area (TPSA) is 55.2 Å². The minimum absolute atomic E-state index is 0.0187. The Morgan fingerprint density at radius 3 is 2.31 bits per heavy atom. The van der Waals surface area contributed by atoms with E-state index in [0.717, 1.165) is 0 Å². The van der Waals surface area contributed by atoms with Gasteiger partial charge in [-0.3, -0.25) is 0 Å². The number of alkyl halides is 2. The van der Waals surface area contributed by atoms with Gasteiger partial charge in [0.15, 0.2) is 5.03 Å². The molecule has 0 aliphatic rings. The van der Waals surface area contributed by atoms with Crippen LogP contribution in [0.25, 0.3) is 0 Å². The first-order valence-corrected chi connectivity index (χ1v) is 7.13. The van der Waals surface area contributed by atoms with E-state index < -0.39 is 10.0 Å². The quantitative estimate of drug-likeness (QED) is 0.730. The van der Waals surface area contributed by atoms with E-state index in [0.29, 0.717) is 0 Å². The molecule has 0 N–H and O–H groups in total. The molecule has 0 radical (unpaired) electrons. The van der Waals surface area contributed by atoms with Crippen molar-refractivity contribution in [1.29, 1.82) is 0 Å². The van der Waals surface area contributed by atoms with Crippen LogP contribution in [-0.2, 0) is 17.1 Å². The van der Waals surface area contributed by atoms with Gasteiger partial charge < -0.3 is 4.57 Å². The van der Waals surface area contributed by atoms with Crippen LogP contribution < -0.4 is 0 Å². The predicted octanol–water partition coefficient (Wildman–Crippen LogP) is 0.888. The normalized spacial score (nSPS) is 12.2. The van der Waals surface area contributed by atoms with Crippen LogP contribution in [0.2, 0.25) is 0 Å². The first-order valence-electron chi connectivity index (χ1n) is 4.62. The number of aromatic nitrogens is 2. The average Bonchev–Trinajstić information content (AvgIpc) is 2.65. The molecular formula is C8H13Cl2N3O2S. The van der Waals surface area contributed by atoms with Crippen molar-refractivity contribution in [2.45, 2.75) is 5.03 Å². The fraction of sp³-hybridized carbons (Fsp3) is 0.625. The second-order valence-corrected chi connectivity index (χ2v) is 5.80. The Hall–Kier alpha value is -0.300. The number of nitrogens with zero attached hydrogens (tertiary/aromatic N) is 3. The molecule has 16 heavy (non-hydrogen) atoms. The molecule has 8 heteroatoms. The fourth-order valence-electron chi connectivity index (χ4n) is 1.20. The molecule has 0 aliphatic heterocycles. The first kappa shape index (κ1) is 13.8. The highest BCUT2D eigenvalue weighted by molar-refractivity contribution is 7.89. The molecule has 0 aliphatic carbocycles. The first-order chi connectivity index (χ1) is 7.52. The van der Waals surface area contributed by atoms with Crippen molar-refractivity contribution >= 4 is 33.2 Å². The van der Waals surface area contributed by atoms with Gasteiger partial charge in [0.05, 0.1) is 6.33 Å². The van der Waals surface area contributed by atoms with Gasteiger partial charge in [0.2, 0.25) is 0 Å². The fourth-order valence-corrected chi connectivity index (χ4v) is 3.21. The largest absolute Gasteiger partial charge is 0.339 e. The zero-order chi connectivity index (χ0) is 12.2. The molecule has 0 saturated heterocycles. The molecule has 0 unspecified atom stereocenters. The highest BCUT2D eigenvalue weighted by Crippen LogP contribution is 2.12. The van der Waals surface area contributed by atoms with Crippen molar-refractivity contribution in [3.8, 4) is 0 Å². The third-order valence-electron chi connectivity index (χ3n) is 1.95. The molecule has 0 fully saturated rings. The van der Waals surface area contributed by atoms with Crippen LogP contribution in [-0.4, -0.2) is 47.1 Å². The third-order valence-corrected chi connectivity index (χ3v) is 4.08. The summed E-state index contributed by atoms with van der Waals surface area (Å²) in [4.78, 5) is 3.82. The molecule has 1 heterocycles. The van der Waals surface area contributed by atoms with E-state index in [1.165, 1.54) is 16.8 Å². The maximum Gasteiger partial charge on any atom is 0.262 e. The summed E-state index contributed by atoms with van der Waals surface area (Å²) >= 11 is 11.1. The van der Waals surface area contributed by atoms with Crippen LogP contribution in [0.3, 0.4) is 0 Å². The van der Waals surface area contributed by atoms with Gasteiger partial charge in [-0.05, 0) is 0 Å². The molecule has 1 aromatic heterocycles. The summed E-state index contributed by atoms with van der Waals surface area (Å²) in [5.74, 6) is 0.450. The lowest BCUT2D eigenvalue weighted by Crippen LogP contribution is -2.34. The Kier molecular flexibility index (Phi) is 5.04. The summed E-state index contributed by atoms with van der Waals surface area (Å²) in [7, 11) is -1.86. The molecule has 0 amide bonds. The van der Waals surface area contributed by atoms with Gasteiger partial charge in [0.1, 0.15) is 0 Å². The second kappa shape index (κ2) is 5.86. The number of halogens is 2. The minimum Gasteiger partial charge on any atom is -0.339 e. The zero-order valence-electron chi connectivity index (χ0n) is 8.81. The Balaban J connectivity index is 2.97. The maximum atomic E-state index is 12.1. The van der Waals surface area contributed by atoms with Gasteiger partial charge in [0, 0.05) is 38.1 Å². The number of sulfonamides is 1. The van der Waals surface area contributed by atoms with Crippen molar-refractivity contribution in [1.82, 2.24) is 13.9 Å². The molecule has 0 atom stereocenters. The molecule has 92 valence electrons. The van der Waals surface area contributed by atoms with Gasteiger partial charge in [-0.25, -0.2) is 13.4 Å². The molecule has 0 aromatic carbocycles. The van der Waals surface area contributed by atoms with E-state index in [4.69, 9.17) is 23.2 Å². The van der Waals surface area contributed by atoms with Gasteiger partial charge in [-0.2, -0.15) is 4.31 Å². The van der Waals surface area contributed by atoms with E-state index in [2.05, 4.69) is 4.98 Å². The van der Waals surface area contributed by atoms with Crippen molar-refractivity contribution in [3.63, 3.8) is 0 Å². The third kappa shape index (κ3) is 3.10. The van der Waals surface area contributed by atoms with Gasteiger partial charge in [-0.15, -0.1) is 23.2 Å². The smallest absolute Gasteiger partial charge is 0.262 e. The summed E-state index contributed by atoms with van der Waals surface area (Å²) in [6, 6.07) is 0. The Morgan fingerprint density at radius 1 is 1.38 bits per heavy atom. The van der Waals surface area contributed by atoms with Crippen LogP contribution >= 0.6 is 23.2 Å². The Bertz CT molecular complexity index is 426. The molecule has 0 saturated carbocycles. The molecule has 1 rings (SSSR count). The SMILES string of the molecule is Cn1cnc(S(=O)(=O)N(CCCl)CCCl)c1. The number of hydrogen-bond donors (Lipinski definition) is 0. The molecular weight excluding hydrogens is 273 g/mol. The van der Waals surface area contributed by atoms with Gasteiger partial charge in [0.25, 0.3) is 10.0 Å². The van der Waals surface area contributed by atoms with Crippen LogP contribution in [0.15, 0.2) is 17.6 Å². The highest BCUT2D eigenvalue weighted by Gasteiger charge is 2.25. The average molecular weight is 286 g/mol. The Morgan fingerprint density at radius 2 is 1.94 bits per heavy atom. The molecule has 0 bridgehead atoms. The number of rotatable bonds is 6. The van der Waals surface area contributed by atoms with Crippen LogP contribution in [0.5, 0.6) is 0 Å². The van der Waals surface area contributed by atoms with E-state index >= 15 is 0 Å². The highest BCUT2D eigenvalue weighted by atomic mass is 35.5. The van der Waals surface area contributed by atoms with Crippen molar-refractivity contribution in [2.75, 3.05) is 24.8 Å². The summed E-state index contributed by atoms with van der Waals surface area (Å²) in [6.07, 6.45) is 2.89. The molecule has 1 aromatic rings. The Labute approximate surface area is 105 Å². The monoisotopic (exact) mass is 285 g/mol. The number of imidazole rings is 1. The van der Waals surface area contributed by atoms with Crippen molar-refractivity contribution in [3.05, 3.63) is 12.5 Å². The standard InChI is InChI=1S/C8H13Cl2N3O2S/c1-12-6-8(11-7-12)16(14,15)13(4-2-9)5-3-10/h6-7H,2-5H2,1H3. The lowest BCUT2D eigenvalue weighted by atomic mass is 10.6. The predicted molar refractivity (Wildman–Crippen MR) is 63.4 cm³/mol. The maximum absolute atomic E-state index is 12.1. The zero-order valence-corrected chi connectivity index (χ0v) is 11.1. The van der Waals surface area contributed by atoms with Crippen LogP contribution in [0, 0.1) is 0 Å². The molecule has 5 nitrogen and oxygen atoms in total. The van der Waals surface area contributed by atoms with E-state index in [1.807, 2.05) is 0 Å². The summed E-state index contributed by atoms with van der Waals surface area (Å²) in [6.45, 7) is 0.459. The van der Waals surface area contributed by atoms with E-state index in [1.54, 1.807) is 11.6 Å². The number of aryl methyl sites for hydroxylation is 1. The lowest BCUT2D eigenvalue weighted by molar-refractivity contribution is 0.446. The number of hydrogen-bond acceptors (Lipinski definition) is 3. The lowest BCUT2D eigenvalue weighted by Gasteiger charge is -2.18. The summed E-state index contributed by atoms with van der Waals surface area (Å²) < 4.78 is 26.9. The van der Waals surface area contributed by atoms with E-state index in [9.17, 15) is 8.42 Å². The van der Waals surface area contributed by atoms with Crippen molar-refractivity contribution in [2.24, 2.45) is 7.05 Å². The second-order valence-electron chi connectivity index (χ2n) is 3.16. The van der Waals surface area contributed by atoms with Gasteiger partial charge in [-0.1, -0.05) is 0 Å². The van der Waals surface area contributed by atoms with Crippen molar-refractivity contribution < 1.29 is 8.42 Å². The van der Waals surface area contributed by atoms with Gasteiger partial charge >= 0.3 is 0 Å². The summed E-state index contributed by atoms with van der Waals surface area (Å²) in [5.41, 5.74) is 0. The minimum atomic E-state index is -3.57. The van der Waals surface area contributed by atoms with E-state index in [-0.39, 0.29) is 29.9 Å². The van der Waals surface area contributed by atoms with Crippen LogP contribution in [0.1, 0.15) is 0 Å².